The molecule has 0 aromatic heterocycles. The van der Waals surface area contributed by atoms with Crippen molar-refractivity contribution in [1.29, 1.82) is 0 Å². The highest BCUT2D eigenvalue weighted by Gasteiger charge is 2.49. The number of ether oxygens (including phenoxy) is 2. The minimum absolute atomic E-state index is 0.171. The van der Waals surface area contributed by atoms with E-state index in [9.17, 15) is 0 Å². The Labute approximate surface area is 86.3 Å². The number of allylic oxidation sites excluding steroid dienone is 1. The van der Waals surface area contributed by atoms with Crippen LogP contribution in [0.25, 0.3) is 0 Å². The molecule has 2 heteroatoms. The van der Waals surface area contributed by atoms with E-state index in [4.69, 9.17) is 9.47 Å². The summed E-state index contributed by atoms with van der Waals surface area (Å²) in [5.74, 6) is -0.353. The number of hydrogen-bond donors (Lipinski definition) is 0. The van der Waals surface area contributed by atoms with E-state index in [-0.39, 0.29) is 11.2 Å². The third-order valence-corrected chi connectivity index (χ3v) is 4.00. The fraction of sp³-hybridized carbons (Fsp3) is 0.833. The van der Waals surface area contributed by atoms with Crippen molar-refractivity contribution in [1.82, 2.24) is 0 Å². The van der Waals surface area contributed by atoms with Gasteiger partial charge in [-0.25, -0.2) is 0 Å². The maximum Gasteiger partial charge on any atom is 0.171 e. The topological polar surface area (TPSA) is 18.5 Å². The molecule has 1 aliphatic carbocycles. The van der Waals surface area contributed by atoms with Gasteiger partial charge < -0.3 is 9.47 Å². The van der Waals surface area contributed by atoms with E-state index >= 15 is 0 Å². The van der Waals surface area contributed by atoms with Crippen LogP contribution in [0.15, 0.2) is 12.2 Å². The predicted molar refractivity (Wildman–Crippen MR) is 56.0 cm³/mol. The Bertz CT molecular complexity index is 229. The van der Waals surface area contributed by atoms with Gasteiger partial charge in [-0.2, -0.15) is 0 Å². The van der Waals surface area contributed by atoms with Crippen molar-refractivity contribution in [2.45, 2.75) is 45.3 Å². The molecule has 14 heavy (non-hydrogen) atoms. The van der Waals surface area contributed by atoms with Crippen molar-refractivity contribution in [3.8, 4) is 0 Å². The molecule has 0 amide bonds. The summed E-state index contributed by atoms with van der Waals surface area (Å²) in [6.07, 6.45) is 4.53. The smallest absolute Gasteiger partial charge is 0.171 e. The fourth-order valence-electron chi connectivity index (χ4n) is 2.47. The highest BCUT2D eigenvalue weighted by Crippen LogP contribution is 2.49. The Hall–Kier alpha value is -0.340. The zero-order valence-corrected chi connectivity index (χ0v) is 9.27. The Morgan fingerprint density at radius 1 is 1.07 bits per heavy atom. The summed E-state index contributed by atoms with van der Waals surface area (Å²) in [6.45, 7) is 9.91. The van der Waals surface area contributed by atoms with Gasteiger partial charge in [-0.05, 0) is 32.6 Å². The first kappa shape index (κ1) is 10.2. The van der Waals surface area contributed by atoms with E-state index < -0.39 is 0 Å². The van der Waals surface area contributed by atoms with Crippen molar-refractivity contribution in [3.63, 3.8) is 0 Å². The molecule has 0 N–H and O–H groups in total. The SMILES string of the molecule is C=C1CCC(C)(C2(C)OCCO2)CC1. The summed E-state index contributed by atoms with van der Waals surface area (Å²) >= 11 is 0. The second kappa shape index (κ2) is 3.35. The van der Waals surface area contributed by atoms with Crippen LogP contribution < -0.4 is 0 Å². The minimum Gasteiger partial charge on any atom is -0.347 e. The summed E-state index contributed by atoms with van der Waals surface area (Å²) in [6, 6.07) is 0. The van der Waals surface area contributed by atoms with Crippen LogP contribution in [-0.4, -0.2) is 19.0 Å². The van der Waals surface area contributed by atoms with Gasteiger partial charge in [0, 0.05) is 5.41 Å². The van der Waals surface area contributed by atoms with Gasteiger partial charge in [-0.1, -0.05) is 19.1 Å². The molecule has 1 saturated heterocycles. The van der Waals surface area contributed by atoms with E-state index in [0.717, 1.165) is 38.9 Å². The summed E-state index contributed by atoms with van der Waals surface area (Å²) in [7, 11) is 0. The van der Waals surface area contributed by atoms with E-state index in [1.165, 1.54) is 5.57 Å². The molecule has 0 aromatic carbocycles. The maximum atomic E-state index is 5.77. The van der Waals surface area contributed by atoms with Gasteiger partial charge in [0.1, 0.15) is 0 Å². The van der Waals surface area contributed by atoms with Gasteiger partial charge in [-0.3, -0.25) is 0 Å². The minimum atomic E-state index is -0.353. The molecule has 0 aromatic rings. The Morgan fingerprint density at radius 2 is 1.57 bits per heavy atom. The lowest BCUT2D eigenvalue weighted by Crippen LogP contribution is -2.46. The molecule has 1 heterocycles. The highest BCUT2D eigenvalue weighted by atomic mass is 16.7. The van der Waals surface area contributed by atoms with Crippen LogP contribution in [-0.2, 0) is 9.47 Å². The summed E-state index contributed by atoms with van der Waals surface area (Å²) in [5, 5.41) is 0. The van der Waals surface area contributed by atoms with Crippen molar-refractivity contribution < 1.29 is 9.47 Å². The van der Waals surface area contributed by atoms with Gasteiger partial charge in [0.05, 0.1) is 13.2 Å². The molecule has 0 bridgehead atoms. The van der Waals surface area contributed by atoms with Crippen LogP contribution in [0.1, 0.15) is 39.5 Å². The normalized spacial score (nSPS) is 30.6. The molecule has 0 unspecified atom stereocenters. The Morgan fingerprint density at radius 3 is 2.07 bits per heavy atom. The summed E-state index contributed by atoms with van der Waals surface area (Å²) < 4.78 is 11.5. The molecule has 2 rings (SSSR count). The van der Waals surface area contributed by atoms with E-state index in [1.54, 1.807) is 0 Å². The molecular formula is C12H20O2. The highest BCUT2D eigenvalue weighted by molar-refractivity contribution is 5.05. The first-order chi connectivity index (χ1) is 6.56. The van der Waals surface area contributed by atoms with Crippen LogP contribution in [0, 0.1) is 5.41 Å². The van der Waals surface area contributed by atoms with Crippen LogP contribution in [0.3, 0.4) is 0 Å². The quantitative estimate of drug-likeness (QED) is 0.600. The van der Waals surface area contributed by atoms with Gasteiger partial charge in [0.2, 0.25) is 0 Å². The van der Waals surface area contributed by atoms with Gasteiger partial charge >= 0.3 is 0 Å². The first-order valence-corrected chi connectivity index (χ1v) is 5.50. The van der Waals surface area contributed by atoms with Crippen molar-refractivity contribution in [2.75, 3.05) is 13.2 Å². The molecule has 1 aliphatic heterocycles. The molecule has 2 fully saturated rings. The third kappa shape index (κ3) is 1.51. The molecule has 0 spiro atoms. The largest absolute Gasteiger partial charge is 0.347 e. The average Bonchev–Trinajstić information content (AvgIpc) is 2.60. The van der Waals surface area contributed by atoms with Crippen molar-refractivity contribution in [3.05, 3.63) is 12.2 Å². The zero-order chi connectivity index (χ0) is 10.2. The number of hydrogen-bond acceptors (Lipinski definition) is 2. The Balaban J connectivity index is 2.11. The average molecular weight is 196 g/mol. The van der Waals surface area contributed by atoms with Crippen molar-refractivity contribution >= 4 is 0 Å². The predicted octanol–water partition coefficient (Wildman–Crippen LogP) is 2.89. The van der Waals surface area contributed by atoms with Gasteiger partial charge in [-0.15, -0.1) is 0 Å². The lowest BCUT2D eigenvalue weighted by atomic mass is 9.69. The Kier molecular flexibility index (Phi) is 2.44. The van der Waals surface area contributed by atoms with Gasteiger partial charge in [0.25, 0.3) is 0 Å². The van der Waals surface area contributed by atoms with Crippen LogP contribution in [0.4, 0.5) is 0 Å². The van der Waals surface area contributed by atoms with Crippen LogP contribution >= 0.6 is 0 Å². The molecule has 80 valence electrons. The molecule has 2 nitrogen and oxygen atoms in total. The molecule has 2 aliphatic rings. The summed E-state index contributed by atoms with van der Waals surface area (Å²) in [5.41, 5.74) is 1.55. The molecule has 0 atom stereocenters. The zero-order valence-electron chi connectivity index (χ0n) is 9.27. The molecular weight excluding hydrogens is 176 g/mol. The maximum absolute atomic E-state index is 5.77. The lowest BCUT2D eigenvalue weighted by Gasteiger charge is -2.45. The summed E-state index contributed by atoms with van der Waals surface area (Å²) in [4.78, 5) is 0. The second-order valence-corrected chi connectivity index (χ2v) is 4.95. The van der Waals surface area contributed by atoms with Gasteiger partial charge in [0.15, 0.2) is 5.79 Å². The van der Waals surface area contributed by atoms with E-state index in [2.05, 4.69) is 20.4 Å². The lowest BCUT2D eigenvalue weighted by molar-refractivity contribution is -0.226. The van der Waals surface area contributed by atoms with Crippen molar-refractivity contribution in [2.24, 2.45) is 5.41 Å². The second-order valence-electron chi connectivity index (χ2n) is 4.95. The third-order valence-electron chi connectivity index (χ3n) is 4.00. The standard InChI is InChI=1S/C12H20O2/c1-10-4-6-11(2,7-5-10)12(3)13-8-9-14-12/h1,4-9H2,2-3H3. The fourth-order valence-corrected chi connectivity index (χ4v) is 2.47. The monoisotopic (exact) mass is 196 g/mol. The first-order valence-electron chi connectivity index (χ1n) is 5.50. The molecule has 0 radical (unpaired) electrons. The van der Waals surface area contributed by atoms with Crippen LogP contribution in [0.2, 0.25) is 0 Å². The van der Waals surface area contributed by atoms with E-state index in [1.807, 2.05) is 0 Å². The van der Waals surface area contributed by atoms with Crippen LogP contribution in [0.5, 0.6) is 0 Å². The van der Waals surface area contributed by atoms with E-state index in [0.29, 0.717) is 0 Å². The number of rotatable bonds is 1. The molecule has 1 saturated carbocycles.